The lowest BCUT2D eigenvalue weighted by Crippen LogP contribution is -2.16. The van der Waals surface area contributed by atoms with Crippen molar-refractivity contribution < 1.29 is 0 Å². The second kappa shape index (κ2) is 10.7. The van der Waals surface area contributed by atoms with Crippen LogP contribution in [0.1, 0.15) is 109 Å². The van der Waals surface area contributed by atoms with Crippen molar-refractivity contribution in [2.24, 2.45) is 34.5 Å². The average Bonchev–Trinajstić information content (AvgIpc) is 2.06. The zero-order chi connectivity index (χ0) is 18.1. The van der Waals surface area contributed by atoms with Crippen molar-refractivity contribution in [2.45, 2.75) is 109 Å². The summed E-state index contributed by atoms with van der Waals surface area (Å²) in [4.78, 5) is 0. The van der Waals surface area contributed by atoms with Crippen molar-refractivity contribution in [3.63, 3.8) is 0 Å². The van der Waals surface area contributed by atoms with Crippen molar-refractivity contribution in [1.82, 2.24) is 0 Å². The standard InChI is InChI=1S/2C11H24/c2*1-9(2)7-11(5,6)8-10(3)4/h2*9-10H,7-8H2,1-6H3. The molecule has 0 aromatic carbocycles. The molecule has 0 N–H and O–H groups in total. The first-order valence-corrected chi connectivity index (χ1v) is 9.67. The summed E-state index contributed by atoms with van der Waals surface area (Å²) in [6, 6.07) is 0. The maximum atomic E-state index is 2.38. The minimum atomic E-state index is 0.544. The molecule has 0 rings (SSSR count). The highest BCUT2D eigenvalue weighted by atomic mass is 14.3. The summed E-state index contributed by atoms with van der Waals surface area (Å²) < 4.78 is 0. The summed E-state index contributed by atoms with van der Waals surface area (Å²) in [5.74, 6) is 3.35. The van der Waals surface area contributed by atoms with E-state index in [2.05, 4.69) is 83.1 Å². The van der Waals surface area contributed by atoms with Crippen molar-refractivity contribution in [1.29, 1.82) is 0 Å². The fourth-order valence-corrected chi connectivity index (χ4v) is 4.59. The van der Waals surface area contributed by atoms with Gasteiger partial charge in [-0.25, -0.2) is 0 Å². The van der Waals surface area contributed by atoms with Crippen LogP contribution in [0.2, 0.25) is 0 Å². The number of rotatable bonds is 8. The maximum absolute atomic E-state index is 2.38. The largest absolute Gasteiger partial charge is 0.0628 e. The fraction of sp³-hybridized carbons (Fsp3) is 1.00. The SMILES string of the molecule is CC(C)CC(C)(C)CC(C)C.CC(C)CC(C)(C)CC(C)C. The molecule has 0 saturated heterocycles. The first kappa shape index (κ1) is 24.3. The molecule has 0 bridgehead atoms. The van der Waals surface area contributed by atoms with Crippen molar-refractivity contribution in [2.75, 3.05) is 0 Å². The highest BCUT2D eigenvalue weighted by molar-refractivity contribution is 4.72. The van der Waals surface area contributed by atoms with Crippen molar-refractivity contribution in [3.05, 3.63) is 0 Å². The smallest absolute Gasteiger partial charge is 0.0349 e. The third-order valence-corrected chi connectivity index (χ3v) is 3.84. The Kier molecular flexibility index (Phi) is 11.8. The van der Waals surface area contributed by atoms with Crippen LogP contribution in [0.25, 0.3) is 0 Å². The van der Waals surface area contributed by atoms with E-state index in [9.17, 15) is 0 Å². The van der Waals surface area contributed by atoms with Gasteiger partial charge in [-0.05, 0) is 60.2 Å². The second-order valence-electron chi connectivity index (χ2n) is 10.7. The lowest BCUT2D eigenvalue weighted by atomic mass is 9.78. The first-order chi connectivity index (χ1) is 9.67. The van der Waals surface area contributed by atoms with E-state index in [1.165, 1.54) is 25.7 Å². The molecule has 136 valence electrons. The fourth-order valence-electron chi connectivity index (χ4n) is 4.59. The number of hydrogen-bond acceptors (Lipinski definition) is 0. The summed E-state index contributed by atoms with van der Waals surface area (Å²) in [5.41, 5.74) is 1.09. The number of hydrogen-bond donors (Lipinski definition) is 0. The predicted octanol–water partition coefficient (Wildman–Crippen LogP) is 8.21. The molecule has 0 saturated carbocycles. The van der Waals surface area contributed by atoms with Crippen LogP contribution in [0.4, 0.5) is 0 Å². The molecular weight excluding hydrogens is 264 g/mol. The van der Waals surface area contributed by atoms with Crippen LogP contribution in [0, 0.1) is 34.5 Å². The van der Waals surface area contributed by atoms with Gasteiger partial charge in [-0.3, -0.25) is 0 Å². The van der Waals surface area contributed by atoms with Crippen molar-refractivity contribution >= 4 is 0 Å². The Morgan fingerprint density at radius 3 is 0.636 bits per heavy atom. The van der Waals surface area contributed by atoms with Crippen LogP contribution in [-0.4, -0.2) is 0 Å². The van der Waals surface area contributed by atoms with Gasteiger partial charge in [0.05, 0.1) is 0 Å². The molecule has 0 heteroatoms. The quantitative estimate of drug-likeness (QED) is 0.423. The van der Waals surface area contributed by atoms with E-state index in [4.69, 9.17) is 0 Å². The van der Waals surface area contributed by atoms with Gasteiger partial charge in [0.2, 0.25) is 0 Å². The molecule has 22 heavy (non-hydrogen) atoms. The molecule has 0 radical (unpaired) electrons. The van der Waals surface area contributed by atoms with Gasteiger partial charge < -0.3 is 0 Å². The molecule has 0 fully saturated rings. The third-order valence-electron chi connectivity index (χ3n) is 3.84. The van der Waals surface area contributed by atoms with Gasteiger partial charge in [-0.15, -0.1) is 0 Å². The molecule has 0 aliphatic rings. The molecule has 0 unspecified atom stereocenters. The van der Waals surface area contributed by atoms with Gasteiger partial charge in [0.25, 0.3) is 0 Å². The monoisotopic (exact) mass is 312 g/mol. The van der Waals surface area contributed by atoms with E-state index in [1.54, 1.807) is 0 Å². The molecule has 0 amide bonds. The Morgan fingerprint density at radius 2 is 0.545 bits per heavy atom. The van der Waals surface area contributed by atoms with Gasteiger partial charge in [-0.1, -0.05) is 83.1 Å². The summed E-state index contributed by atoms with van der Waals surface area (Å²) in [6.45, 7) is 28.0. The molecule has 0 aliphatic heterocycles. The first-order valence-electron chi connectivity index (χ1n) is 9.67. The summed E-state index contributed by atoms with van der Waals surface area (Å²) in [6.07, 6.45) is 5.41. The Labute approximate surface area is 143 Å². The molecule has 0 aromatic rings. The van der Waals surface area contributed by atoms with Crippen LogP contribution in [0.15, 0.2) is 0 Å². The Balaban J connectivity index is 0. The summed E-state index contributed by atoms with van der Waals surface area (Å²) in [7, 11) is 0. The van der Waals surface area contributed by atoms with E-state index in [0.29, 0.717) is 10.8 Å². The highest BCUT2D eigenvalue weighted by Gasteiger charge is 2.21. The van der Waals surface area contributed by atoms with Crippen LogP contribution >= 0.6 is 0 Å². The van der Waals surface area contributed by atoms with Crippen LogP contribution in [-0.2, 0) is 0 Å². The highest BCUT2D eigenvalue weighted by Crippen LogP contribution is 2.32. The minimum Gasteiger partial charge on any atom is -0.0628 e. The van der Waals surface area contributed by atoms with Crippen LogP contribution in [0.5, 0.6) is 0 Å². The molecule has 0 spiro atoms. The van der Waals surface area contributed by atoms with E-state index < -0.39 is 0 Å². The maximum Gasteiger partial charge on any atom is -0.0349 e. The van der Waals surface area contributed by atoms with Gasteiger partial charge >= 0.3 is 0 Å². The Bertz CT molecular complexity index is 201. The average molecular weight is 313 g/mol. The molecule has 0 aliphatic carbocycles. The zero-order valence-electron chi connectivity index (χ0n) is 18.1. The lowest BCUT2D eigenvalue weighted by molar-refractivity contribution is 0.233. The van der Waals surface area contributed by atoms with Gasteiger partial charge in [0.15, 0.2) is 0 Å². The normalized spacial score (nSPS) is 13.1. The Morgan fingerprint density at radius 1 is 0.409 bits per heavy atom. The van der Waals surface area contributed by atoms with Gasteiger partial charge in [0.1, 0.15) is 0 Å². The van der Waals surface area contributed by atoms with E-state index >= 15 is 0 Å². The zero-order valence-corrected chi connectivity index (χ0v) is 18.1. The van der Waals surface area contributed by atoms with E-state index in [0.717, 1.165) is 23.7 Å². The summed E-state index contributed by atoms with van der Waals surface area (Å²) >= 11 is 0. The Hall–Kier alpha value is 0. The molecular formula is C22H48. The van der Waals surface area contributed by atoms with Crippen molar-refractivity contribution in [3.8, 4) is 0 Å². The van der Waals surface area contributed by atoms with Gasteiger partial charge in [-0.2, -0.15) is 0 Å². The minimum absolute atomic E-state index is 0.544. The molecule has 0 heterocycles. The lowest BCUT2D eigenvalue weighted by Gasteiger charge is -2.28. The van der Waals surface area contributed by atoms with Crippen LogP contribution < -0.4 is 0 Å². The van der Waals surface area contributed by atoms with E-state index in [-0.39, 0.29) is 0 Å². The summed E-state index contributed by atoms with van der Waals surface area (Å²) in [5, 5.41) is 0. The predicted molar refractivity (Wildman–Crippen MR) is 105 cm³/mol. The molecule has 0 aromatic heterocycles. The topological polar surface area (TPSA) is 0 Å². The third kappa shape index (κ3) is 18.1. The van der Waals surface area contributed by atoms with E-state index in [1.807, 2.05) is 0 Å². The molecule has 0 nitrogen and oxygen atoms in total. The van der Waals surface area contributed by atoms with Crippen LogP contribution in [0.3, 0.4) is 0 Å². The molecule has 0 atom stereocenters. The van der Waals surface area contributed by atoms with Gasteiger partial charge in [0, 0.05) is 0 Å². The second-order valence-corrected chi connectivity index (χ2v) is 10.7.